The molecule has 0 radical (unpaired) electrons. The van der Waals surface area contributed by atoms with Gasteiger partial charge in [0.25, 0.3) is 0 Å². The van der Waals surface area contributed by atoms with Crippen molar-refractivity contribution in [1.82, 2.24) is 0 Å². The van der Waals surface area contributed by atoms with Crippen LogP contribution in [0.4, 0.5) is 0 Å². The fraction of sp³-hybridized carbons (Fsp3) is 0.0732. The second-order valence-electron chi connectivity index (χ2n) is 12.0. The van der Waals surface area contributed by atoms with E-state index >= 15 is 0 Å². The third-order valence-corrected chi connectivity index (χ3v) is 10.5. The standard InChI is InChI=1S/C41H28OS/c1-41(2)33-19-10-9-18-31(33)39-26-13-4-3-12-25(26)32(24-34(39)41)38-27-14-5-7-16-29(27)40(30-17-8-6-15-28(30)38)37-22-21-36(43-37)35-20-11-23-42-35/h3-24H,1-2H3. The average Bonchev–Trinajstić information content (AvgIpc) is 3.80. The third-order valence-electron chi connectivity index (χ3n) is 9.40. The molecule has 1 aliphatic carbocycles. The van der Waals surface area contributed by atoms with Crippen LogP contribution in [0.1, 0.15) is 25.0 Å². The first-order valence-corrected chi connectivity index (χ1v) is 15.7. The molecule has 0 aliphatic heterocycles. The molecule has 8 aromatic rings. The molecule has 2 heteroatoms. The van der Waals surface area contributed by atoms with Crippen LogP contribution in [-0.4, -0.2) is 0 Å². The summed E-state index contributed by atoms with van der Waals surface area (Å²) in [5.74, 6) is 0.912. The molecule has 204 valence electrons. The summed E-state index contributed by atoms with van der Waals surface area (Å²) in [5.41, 5.74) is 9.37. The van der Waals surface area contributed by atoms with E-state index in [1.54, 1.807) is 17.6 Å². The van der Waals surface area contributed by atoms with Crippen molar-refractivity contribution in [3.8, 4) is 43.3 Å². The van der Waals surface area contributed by atoms with E-state index in [2.05, 4.69) is 129 Å². The minimum atomic E-state index is -0.0878. The van der Waals surface area contributed by atoms with Gasteiger partial charge in [0, 0.05) is 15.9 Å². The van der Waals surface area contributed by atoms with Gasteiger partial charge in [0.05, 0.1) is 11.1 Å². The van der Waals surface area contributed by atoms with Crippen LogP contribution in [0.25, 0.3) is 75.6 Å². The van der Waals surface area contributed by atoms with Gasteiger partial charge < -0.3 is 4.42 Å². The minimum Gasteiger partial charge on any atom is -0.464 e. The molecule has 0 saturated heterocycles. The van der Waals surface area contributed by atoms with E-state index in [0.717, 1.165) is 10.6 Å². The highest BCUT2D eigenvalue weighted by atomic mass is 32.1. The highest BCUT2D eigenvalue weighted by Gasteiger charge is 2.37. The number of hydrogen-bond acceptors (Lipinski definition) is 2. The minimum absolute atomic E-state index is 0.0878. The van der Waals surface area contributed by atoms with Gasteiger partial charge in [-0.15, -0.1) is 11.3 Å². The predicted octanol–water partition coefficient (Wildman–Crippen LogP) is 12.1. The zero-order valence-corrected chi connectivity index (χ0v) is 24.8. The first kappa shape index (κ1) is 24.7. The lowest BCUT2D eigenvalue weighted by Gasteiger charge is -2.24. The Morgan fingerprint density at radius 1 is 0.465 bits per heavy atom. The van der Waals surface area contributed by atoms with Crippen LogP contribution in [0, 0.1) is 0 Å². The molecule has 9 rings (SSSR count). The van der Waals surface area contributed by atoms with Crippen molar-refractivity contribution in [3.05, 3.63) is 145 Å². The lowest BCUT2D eigenvalue weighted by atomic mass is 9.79. The van der Waals surface area contributed by atoms with Gasteiger partial charge >= 0.3 is 0 Å². The molecule has 2 aromatic heterocycles. The van der Waals surface area contributed by atoms with Crippen molar-refractivity contribution < 1.29 is 4.42 Å². The topological polar surface area (TPSA) is 13.1 Å². The first-order chi connectivity index (χ1) is 21.1. The maximum Gasteiger partial charge on any atom is 0.143 e. The van der Waals surface area contributed by atoms with Crippen LogP contribution in [0.15, 0.2) is 138 Å². The molecule has 0 fully saturated rings. The van der Waals surface area contributed by atoms with Gasteiger partial charge in [-0.2, -0.15) is 0 Å². The highest BCUT2D eigenvalue weighted by Crippen LogP contribution is 2.55. The number of fused-ring (bicyclic) bond motifs is 7. The van der Waals surface area contributed by atoms with Crippen molar-refractivity contribution in [2.45, 2.75) is 19.3 Å². The van der Waals surface area contributed by atoms with Crippen molar-refractivity contribution in [2.75, 3.05) is 0 Å². The average molecular weight is 569 g/mol. The summed E-state index contributed by atoms with van der Waals surface area (Å²) in [6, 6.07) is 46.8. The summed E-state index contributed by atoms with van der Waals surface area (Å²) in [5, 5.41) is 7.73. The molecule has 6 aromatic carbocycles. The van der Waals surface area contributed by atoms with Gasteiger partial charge in [0.1, 0.15) is 5.76 Å². The molecule has 0 bridgehead atoms. The van der Waals surface area contributed by atoms with Crippen molar-refractivity contribution in [1.29, 1.82) is 0 Å². The predicted molar refractivity (Wildman–Crippen MR) is 183 cm³/mol. The molecule has 0 amide bonds. The lowest BCUT2D eigenvalue weighted by Crippen LogP contribution is -2.15. The molecule has 0 spiro atoms. The van der Waals surface area contributed by atoms with Gasteiger partial charge in [-0.3, -0.25) is 0 Å². The Bertz CT molecular complexity index is 2310. The smallest absolute Gasteiger partial charge is 0.143 e. The van der Waals surface area contributed by atoms with Crippen LogP contribution >= 0.6 is 11.3 Å². The Balaban J connectivity index is 1.40. The molecule has 0 atom stereocenters. The summed E-state index contributed by atoms with van der Waals surface area (Å²) in [4.78, 5) is 2.39. The number of hydrogen-bond donors (Lipinski definition) is 0. The zero-order chi connectivity index (χ0) is 28.7. The highest BCUT2D eigenvalue weighted by molar-refractivity contribution is 7.19. The van der Waals surface area contributed by atoms with Crippen LogP contribution < -0.4 is 0 Å². The SMILES string of the molecule is CC1(C)c2ccccc2-c2c1cc(-c1c3ccccc3c(-c3ccc(-c4ccco4)s3)c3ccccc13)c1ccccc21. The Kier molecular flexibility index (Phi) is 5.18. The van der Waals surface area contributed by atoms with Gasteiger partial charge in [-0.05, 0) is 96.0 Å². The first-order valence-electron chi connectivity index (χ1n) is 14.9. The molecule has 0 saturated carbocycles. The van der Waals surface area contributed by atoms with E-state index in [9.17, 15) is 0 Å². The molecule has 2 heterocycles. The van der Waals surface area contributed by atoms with Gasteiger partial charge in [0.15, 0.2) is 0 Å². The Hall–Kier alpha value is -4.92. The fourth-order valence-electron chi connectivity index (χ4n) is 7.46. The number of benzene rings is 6. The Morgan fingerprint density at radius 3 is 1.67 bits per heavy atom. The Labute approximate surface area is 254 Å². The van der Waals surface area contributed by atoms with E-state index in [-0.39, 0.29) is 5.41 Å². The van der Waals surface area contributed by atoms with Crippen LogP contribution in [0.5, 0.6) is 0 Å². The normalized spacial score (nSPS) is 13.5. The monoisotopic (exact) mass is 568 g/mol. The summed E-state index contributed by atoms with van der Waals surface area (Å²) in [7, 11) is 0. The van der Waals surface area contributed by atoms with E-state index in [0.29, 0.717) is 0 Å². The van der Waals surface area contributed by atoms with E-state index in [1.807, 2.05) is 12.1 Å². The molecule has 1 aliphatic rings. The third kappa shape index (κ3) is 3.45. The molecular formula is C41H28OS. The molecule has 43 heavy (non-hydrogen) atoms. The van der Waals surface area contributed by atoms with E-state index in [1.165, 1.54) is 76.1 Å². The summed E-state index contributed by atoms with van der Waals surface area (Å²) >= 11 is 1.79. The van der Waals surface area contributed by atoms with Gasteiger partial charge in [0.2, 0.25) is 0 Å². The van der Waals surface area contributed by atoms with Crippen molar-refractivity contribution in [2.24, 2.45) is 0 Å². The zero-order valence-electron chi connectivity index (χ0n) is 24.0. The quantitative estimate of drug-likeness (QED) is 0.193. The number of furan rings is 1. The summed E-state index contributed by atoms with van der Waals surface area (Å²) in [6.45, 7) is 4.76. The van der Waals surface area contributed by atoms with Gasteiger partial charge in [-0.1, -0.05) is 111 Å². The van der Waals surface area contributed by atoms with Crippen LogP contribution in [0.3, 0.4) is 0 Å². The number of rotatable bonds is 3. The van der Waals surface area contributed by atoms with Crippen LogP contribution in [0.2, 0.25) is 0 Å². The van der Waals surface area contributed by atoms with E-state index < -0.39 is 0 Å². The summed E-state index contributed by atoms with van der Waals surface area (Å²) in [6.07, 6.45) is 1.75. The number of thiophene rings is 1. The molecular weight excluding hydrogens is 541 g/mol. The largest absolute Gasteiger partial charge is 0.464 e. The molecule has 0 N–H and O–H groups in total. The summed E-state index contributed by atoms with van der Waals surface area (Å²) < 4.78 is 5.75. The maximum absolute atomic E-state index is 5.75. The second-order valence-corrected chi connectivity index (χ2v) is 13.1. The fourth-order valence-corrected chi connectivity index (χ4v) is 8.51. The Morgan fingerprint density at radius 2 is 1.02 bits per heavy atom. The van der Waals surface area contributed by atoms with Gasteiger partial charge in [-0.25, -0.2) is 0 Å². The second kappa shape index (κ2) is 9.04. The van der Waals surface area contributed by atoms with Crippen molar-refractivity contribution in [3.63, 3.8) is 0 Å². The van der Waals surface area contributed by atoms with E-state index in [4.69, 9.17) is 4.42 Å². The molecule has 1 nitrogen and oxygen atoms in total. The lowest BCUT2D eigenvalue weighted by molar-refractivity contribution is 0.584. The van der Waals surface area contributed by atoms with Crippen molar-refractivity contribution >= 4 is 43.7 Å². The van der Waals surface area contributed by atoms with Crippen LogP contribution in [-0.2, 0) is 5.41 Å². The molecule has 0 unspecified atom stereocenters. The maximum atomic E-state index is 5.75.